The normalized spacial score (nSPS) is 10.5. The minimum Gasteiger partial charge on any atom is -0.496 e. The molecule has 0 saturated heterocycles. The number of anilines is 1. The lowest BCUT2D eigenvalue weighted by Gasteiger charge is -2.11. The number of methoxy groups -OCH3 is 1. The van der Waals surface area contributed by atoms with E-state index in [1.54, 1.807) is 12.1 Å². The van der Waals surface area contributed by atoms with Crippen LogP contribution >= 0.6 is 0 Å². The van der Waals surface area contributed by atoms with Gasteiger partial charge in [-0.05, 0) is 60.0 Å². The zero-order valence-electron chi connectivity index (χ0n) is 15.5. The van der Waals surface area contributed by atoms with E-state index in [2.05, 4.69) is 5.32 Å². The molecule has 3 aromatic carbocycles. The van der Waals surface area contributed by atoms with Crippen LogP contribution in [0.3, 0.4) is 0 Å². The zero-order valence-corrected chi connectivity index (χ0v) is 15.5. The molecule has 0 spiro atoms. The van der Waals surface area contributed by atoms with Crippen molar-refractivity contribution in [3.05, 3.63) is 71.3 Å². The summed E-state index contributed by atoms with van der Waals surface area (Å²) in [5.74, 6) is -0.588. The molecule has 138 valence electrons. The quantitative estimate of drug-likeness (QED) is 0.688. The van der Waals surface area contributed by atoms with Gasteiger partial charge in [-0.3, -0.25) is 4.79 Å². The fourth-order valence-corrected chi connectivity index (χ4v) is 3.00. The Bertz CT molecular complexity index is 990. The minimum atomic E-state index is -0.604. The van der Waals surface area contributed by atoms with Crippen LogP contribution in [0.25, 0.3) is 10.8 Å². The van der Waals surface area contributed by atoms with Crippen molar-refractivity contribution < 1.29 is 19.1 Å². The topological polar surface area (TPSA) is 64.6 Å². The second-order valence-corrected chi connectivity index (χ2v) is 6.40. The largest absolute Gasteiger partial charge is 0.496 e. The third-order valence-electron chi connectivity index (χ3n) is 4.13. The van der Waals surface area contributed by atoms with E-state index in [-0.39, 0.29) is 12.2 Å². The third-order valence-corrected chi connectivity index (χ3v) is 4.13. The van der Waals surface area contributed by atoms with E-state index in [4.69, 9.17) is 9.47 Å². The first-order valence-corrected chi connectivity index (χ1v) is 8.58. The summed E-state index contributed by atoms with van der Waals surface area (Å²) in [7, 11) is 1.49. The molecule has 3 aromatic rings. The smallest absolute Gasteiger partial charge is 0.342 e. The van der Waals surface area contributed by atoms with Gasteiger partial charge in [0.1, 0.15) is 11.3 Å². The maximum absolute atomic E-state index is 12.5. The Balaban J connectivity index is 1.70. The predicted molar refractivity (Wildman–Crippen MR) is 105 cm³/mol. The second-order valence-electron chi connectivity index (χ2n) is 6.40. The summed E-state index contributed by atoms with van der Waals surface area (Å²) in [5.41, 5.74) is 3.05. The highest BCUT2D eigenvalue weighted by molar-refractivity contribution is 6.00. The van der Waals surface area contributed by atoms with E-state index in [0.29, 0.717) is 11.4 Å². The van der Waals surface area contributed by atoms with E-state index in [1.165, 1.54) is 7.11 Å². The third kappa shape index (κ3) is 4.44. The summed E-state index contributed by atoms with van der Waals surface area (Å²) in [5, 5.41) is 4.59. The number of fused-ring (bicyclic) bond motifs is 1. The van der Waals surface area contributed by atoms with Gasteiger partial charge in [0.05, 0.1) is 7.11 Å². The lowest BCUT2D eigenvalue weighted by atomic mass is 10.1. The maximum atomic E-state index is 12.5. The Hall–Kier alpha value is -3.34. The molecule has 0 aliphatic carbocycles. The number of nitrogens with one attached hydrogen (secondary N) is 1. The van der Waals surface area contributed by atoms with Gasteiger partial charge in [-0.15, -0.1) is 0 Å². The molecule has 0 saturated carbocycles. The molecule has 27 heavy (non-hydrogen) atoms. The molecule has 0 aromatic heterocycles. The number of benzene rings is 3. The number of esters is 1. The van der Waals surface area contributed by atoms with Crippen molar-refractivity contribution >= 4 is 28.3 Å². The summed E-state index contributed by atoms with van der Waals surface area (Å²) in [6.45, 7) is 3.53. The van der Waals surface area contributed by atoms with Crippen molar-refractivity contribution in [1.29, 1.82) is 0 Å². The van der Waals surface area contributed by atoms with Gasteiger partial charge in [0.25, 0.3) is 5.91 Å². The molecular formula is C22H21NO4. The number of hydrogen-bond donors (Lipinski definition) is 1. The maximum Gasteiger partial charge on any atom is 0.342 e. The Kier molecular flexibility index (Phi) is 5.41. The molecule has 1 N–H and O–H groups in total. The van der Waals surface area contributed by atoms with E-state index in [9.17, 15) is 9.59 Å². The SMILES string of the molecule is COc1cc2ccccc2cc1C(=O)OCC(=O)Nc1cc(C)cc(C)c1. The molecule has 5 nitrogen and oxygen atoms in total. The molecule has 0 unspecified atom stereocenters. The van der Waals surface area contributed by atoms with Gasteiger partial charge in [0, 0.05) is 5.69 Å². The lowest BCUT2D eigenvalue weighted by molar-refractivity contribution is -0.119. The van der Waals surface area contributed by atoms with E-state index in [1.807, 2.05) is 56.3 Å². The Labute approximate surface area is 157 Å². The molecule has 1 amide bonds. The number of hydrogen-bond acceptors (Lipinski definition) is 4. The van der Waals surface area contributed by atoms with Crippen LogP contribution in [-0.4, -0.2) is 25.6 Å². The molecule has 0 bridgehead atoms. The number of aryl methyl sites for hydroxylation is 2. The molecule has 0 radical (unpaired) electrons. The Morgan fingerprint density at radius 3 is 2.19 bits per heavy atom. The molecular weight excluding hydrogens is 342 g/mol. The van der Waals surface area contributed by atoms with Crippen molar-refractivity contribution in [2.45, 2.75) is 13.8 Å². The molecule has 0 heterocycles. The van der Waals surface area contributed by atoms with Crippen molar-refractivity contribution in [2.24, 2.45) is 0 Å². The van der Waals surface area contributed by atoms with Gasteiger partial charge in [0.15, 0.2) is 6.61 Å². The first-order valence-electron chi connectivity index (χ1n) is 8.58. The lowest BCUT2D eigenvalue weighted by Crippen LogP contribution is -2.21. The molecule has 5 heteroatoms. The number of carbonyl (C=O) groups excluding carboxylic acids is 2. The van der Waals surface area contributed by atoms with Crippen LogP contribution in [0.4, 0.5) is 5.69 Å². The highest BCUT2D eigenvalue weighted by Crippen LogP contribution is 2.26. The van der Waals surface area contributed by atoms with Gasteiger partial charge >= 0.3 is 5.97 Å². The van der Waals surface area contributed by atoms with E-state index in [0.717, 1.165) is 21.9 Å². The summed E-state index contributed by atoms with van der Waals surface area (Å²) >= 11 is 0. The first kappa shape index (κ1) is 18.5. The highest BCUT2D eigenvalue weighted by Gasteiger charge is 2.16. The standard InChI is InChI=1S/C22H21NO4/c1-14-8-15(2)10-18(9-14)23-21(24)13-27-22(25)19-11-16-6-4-5-7-17(16)12-20(19)26-3/h4-12H,13H2,1-3H3,(H,23,24). The van der Waals surface area contributed by atoms with Crippen molar-refractivity contribution in [3.8, 4) is 5.75 Å². The monoisotopic (exact) mass is 363 g/mol. The number of carbonyl (C=O) groups is 2. The van der Waals surface area contributed by atoms with Crippen LogP contribution < -0.4 is 10.1 Å². The van der Waals surface area contributed by atoms with Crippen LogP contribution in [0.2, 0.25) is 0 Å². The van der Waals surface area contributed by atoms with E-state index >= 15 is 0 Å². The Morgan fingerprint density at radius 1 is 0.926 bits per heavy atom. The van der Waals surface area contributed by atoms with Crippen LogP contribution in [0.5, 0.6) is 5.75 Å². The van der Waals surface area contributed by atoms with Crippen molar-refractivity contribution in [1.82, 2.24) is 0 Å². The summed E-state index contributed by atoms with van der Waals surface area (Å²) in [6, 6.07) is 16.9. The Morgan fingerprint density at radius 2 is 1.56 bits per heavy atom. The number of rotatable bonds is 5. The van der Waals surface area contributed by atoms with E-state index < -0.39 is 11.9 Å². The molecule has 0 atom stereocenters. The van der Waals surface area contributed by atoms with Gasteiger partial charge in [-0.2, -0.15) is 0 Å². The first-order chi connectivity index (χ1) is 13.0. The van der Waals surface area contributed by atoms with Crippen LogP contribution in [0, 0.1) is 13.8 Å². The fourth-order valence-electron chi connectivity index (χ4n) is 3.00. The van der Waals surface area contributed by atoms with Gasteiger partial charge in [-0.25, -0.2) is 4.79 Å². The fraction of sp³-hybridized carbons (Fsp3) is 0.182. The minimum absolute atomic E-state index is 0.287. The highest BCUT2D eigenvalue weighted by atomic mass is 16.5. The number of amides is 1. The zero-order chi connectivity index (χ0) is 19.4. The predicted octanol–water partition coefficient (Wildman–Crippen LogP) is 4.26. The molecule has 0 aliphatic rings. The van der Waals surface area contributed by atoms with Crippen LogP contribution in [0.15, 0.2) is 54.6 Å². The van der Waals surface area contributed by atoms with Crippen LogP contribution in [0.1, 0.15) is 21.5 Å². The molecule has 3 rings (SSSR count). The van der Waals surface area contributed by atoms with Gasteiger partial charge < -0.3 is 14.8 Å². The average Bonchev–Trinajstić information content (AvgIpc) is 2.64. The number of ether oxygens (including phenoxy) is 2. The molecule has 0 aliphatic heterocycles. The summed E-state index contributed by atoms with van der Waals surface area (Å²) in [4.78, 5) is 24.6. The summed E-state index contributed by atoms with van der Waals surface area (Å²) < 4.78 is 10.5. The van der Waals surface area contributed by atoms with Gasteiger partial charge in [0.2, 0.25) is 0 Å². The second kappa shape index (κ2) is 7.91. The summed E-state index contributed by atoms with van der Waals surface area (Å²) in [6.07, 6.45) is 0. The van der Waals surface area contributed by atoms with Gasteiger partial charge in [-0.1, -0.05) is 30.3 Å². The molecule has 0 fully saturated rings. The van der Waals surface area contributed by atoms with Crippen molar-refractivity contribution in [2.75, 3.05) is 19.0 Å². The van der Waals surface area contributed by atoms with Crippen LogP contribution in [-0.2, 0) is 9.53 Å². The average molecular weight is 363 g/mol. The van der Waals surface area contributed by atoms with Crippen molar-refractivity contribution in [3.63, 3.8) is 0 Å².